The fraction of sp³-hybridized carbons (Fsp3) is 0.348. The van der Waals surface area contributed by atoms with Crippen LogP contribution in [0.2, 0.25) is 0 Å². The Hall–Kier alpha value is -2.00. The number of aryl methyl sites for hydroxylation is 1. The van der Waals surface area contributed by atoms with Gasteiger partial charge in [0, 0.05) is 22.8 Å². The van der Waals surface area contributed by atoms with E-state index >= 15 is 0 Å². The summed E-state index contributed by atoms with van der Waals surface area (Å²) in [6.45, 7) is 2.83. The lowest BCUT2D eigenvalue weighted by Crippen LogP contribution is -2.24. The molecule has 1 amide bonds. The molecule has 1 aliphatic rings. The number of carbonyl (C=O) groups excluding carboxylic acids is 1. The Balaban J connectivity index is 1.44. The number of benzene rings is 2. The zero-order valence-electron chi connectivity index (χ0n) is 15.5. The molecule has 0 saturated carbocycles. The van der Waals surface area contributed by atoms with Crippen LogP contribution in [0.4, 0.5) is 0 Å². The summed E-state index contributed by atoms with van der Waals surface area (Å²) in [5, 5.41) is 3.04. The Morgan fingerprint density at radius 2 is 1.81 bits per heavy atom. The van der Waals surface area contributed by atoms with Gasteiger partial charge >= 0.3 is 0 Å². The number of amides is 1. The van der Waals surface area contributed by atoms with Gasteiger partial charge in [0.25, 0.3) is 5.91 Å². The molecule has 0 bridgehead atoms. The predicted octanol–water partition coefficient (Wildman–Crippen LogP) is 5.91. The first-order valence-corrected chi connectivity index (χ1v) is 10.4. The molecule has 1 N–H and O–H groups in total. The molecule has 2 nitrogen and oxygen atoms in total. The molecular weight excluding hydrogens is 338 g/mol. The maximum atomic E-state index is 12.3. The van der Waals surface area contributed by atoms with Crippen molar-refractivity contribution in [2.45, 2.75) is 49.7 Å². The van der Waals surface area contributed by atoms with Crippen molar-refractivity contribution in [3.63, 3.8) is 0 Å². The Labute approximate surface area is 161 Å². The lowest BCUT2D eigenvalue weighted by molar-refractivity contribution is 0.0954. The topological polar surface area (TPSA) is 29.1 Å². The largest absolute Gasteiger partial charge is 0.352 e. The maximum absolute atomic E-state index is 12.3. The van der Waals surface area contributed by atoms with E-state index in [1.54, 1.807) is 0 Å². The molecule has 2 aromatic carbocycles. The first kappa shape index (κ1) is 18.8. The maximum Gasteiger partial charge on any atom is 0.251 e. The molecule has 1 aliphatic carbocycles. The summed E-state index contributed by atoms with van der Waals surface area (Å²) in [4.78, 5) is 13.5. The molecule has 2 aromatic rings. The van der Waals surface area contributed by atoms with Crippen LogP contribution in [0.3, 0.4) is 0 Å². The van der Waals surface area contributed by atoms with Gasteiger partial charge in [-0.15, -0.1) is 11.8 Å². The molecule has 0 spiro atoms. The van der Waals surface area contributed by atoms with Crippen LogP contribution in [-0.2, 0) is 5.75 Å². The van der Waals surface area contributed by atoms with Gasteiger partial charge in [0.05, 0.1) is 0 Å². The van der Waals surface area contributed by atoms with E-state index in [0.29, 0.717) is 0 Å². The third kappa shape index (κ3) is 5.77. The zero-order valence-corrected chi connectivity index (χ0v) is 16.3. The van der Waals surface area contributed by atoms with E-state index in [2.05, 4.69) is 54.7 Å². The van der Waals surface area contributed by atoms with Crippen molar-refractivity contribution in [2.24, 2.45) is 0 Å². The van der Waals surface area contributed by atoms with Gasteiger partial charge in [-0.1, -0.05) is 41.5 Å². The van der Waals surface area contributed by atoms with E-state index in [4.69, 9.17) is 0 Å². The summed E-state index contributed by atoms with van der Waals surface area (Å²) in [6, 6.07) is 16.6. The number of thioether (sulfide) groups is 1. The number of hydrogen-bond donors (Lipinski definition) is 1. The summed E-state index contributed by atoms with van der Waals surface area (Å²) in [7, 11) is 0. The van der Waals surface area contributed by atoms with Gasteiger partial charge < -0.3 is 5.32 Å². The minimum Gasteiger partial charge on any atom is -0.352 e. The number of rotatable bonds is 7. The minimum absolute atomic E-state index is 0.0270. The zero-order chi connectivity index (χ0) is 18.2. The van der Waals surface area contributed by atoms with Crippen LogP contribution in [0, 0.1) is 6.92 Å². The fourth-order valence-electron chi connectivity index (χ4n) is 3.12. The standard InChI is InChI=1S/C23H27NOS/c1-18-7-13-22(14-8-18)26-17-20-9-11-21(12-10-20)23(25)24-16-15-19-5-3-2-4-6-19/h5,7-14H,2-4,6,15-17H2,1H3,(H,24,25). The average Bonchev–Trinajstić information content (AvgIpc) is 2.69. The number of carbonyl (C=O) groups is 1. The van der Waals surface area contributed by atoms with Crippen molar-refractivity contribution in [2.75, 3.05) is 6.54 Å². The highest BCUT2D eigenvalue weighted by molar-refractivity contribution is 7.98. The van der Waals surface area contributed by atoms with Crippen molar-refractivity contribution in [3.8, 4) is 0 Å². The van der Waals surface area contributed by atoms with Gasteiger partial charge in [0.15, 0.2) is 0 Å². The molecule has 0 heterocycles. The molecule has 0 fully saturated rings. The van der Waals surface area contributed by atoms with Crippen LogP contribution in [0.5, 0.6) is 0 Å². The molecule has 3 rings (SSSR count). The number of nitrogens with one attached hydrogen (secondary N) is 1. The Morgan fingerprint density at radius 3 is 2.50 bits per heavy atom. The van der Waals surface area contributed by atoms with Gasteiger partial charge in [-0.25, -0.2) is 0 Å². The summed E-state index contributed by atoms with van der Waals surface area (Å²) < 4.78 is 0. The first-order chi connectivity index (χ1) is 12.7. The van der Waals surface area contributed by atoms with Crippen LogP contribution in [0.1, 0.15) is 53.6 Å². The van der Waals surface area contributed by atoms with E-state index in [1.165, 1.54) is 47.3 Å². The SMILES string of the molecule is Cc1ccc(SCc2ccc(C(=O)NCCC3=CCCCC3)cc2)cc1. The molecule has 0 aromatic heterocycles. The summed E-state index contributed by atoms with van der Waals surface area (Å²) in [6.07, 6.45) is 8.33. The molecule has 0 aliphatic heterocycles. The second kappa shape index (κ2) is 9.63. The number of allylic oxidation sites excluding steroid dienone is 1. The third-order valence-electron chi connectivity index (χ3n) is 4.76. The van der Waals surface area contributed by atoms with Crippen molar-refractivity contribution >= 4 is 17.7 Å². The van der Waals surface area contributed by atoms with E-state index in [9.17, 15) is 4.79 Å². The van der Waals surface area contributed by atoms with Crippen molar-refractivity contribution < 1.29 is 4.79 Å². The molecular formula is C23H27NOS. The monoisotopic (exact) mass is 365 g/mol. The van der Waals surface area contributed by atoms with Gasteiger partial charge in [-0.2, -0.15) is 0 Å². The summed E-state index contributed by atoms with van der Waals surface area (Å²) in [5.41, 5.74) is 4.76. The minimum atomic E-state index is 0.0270. The van der Waals surface area contributed by atoms with E-state index in [0.717, 1.165) is 24.3 Å². The summed E-state index contributed by atoms with van der Waals surface area (Å²) >= 11 is 1.82. The lowest BCUT2D eigenvalue weighted by Gasteiger charge is -2.13. The molecule has 0 radical (unpaired) electrons. The van der Waals surface area contributed by atoms with E-state index < -0.39 is 0 Å². The lowest BCUT2D eigenvalue weighted by atomic mass is 9.97. The van der Waals surface area contributed by atoms with Crippen LogP contribution in [-0.4, -0.2) is 12.5 Å². The third-order valence-corrected chi connectivity index (χ3v) is 5.84. The van der Waals surface area contributed by atoms with E-state index in [-0.39, 0.29) is 5.91 Å². The highest BCUT2D eigenvalue weighted by Crippen LogP contribution is 2.23. The van der Waals surface area contributed by atoms with Crippen LogP contribution in [0.25, 0.3) is 0 Å². The smallest absolute Gasteiger partial charge is 0.251 e. The normalized spacial score (nSPS) is 14.0. The van der Waals surface area contributed by atoms with Gasteiger partial charge in [0.2, 0.25) is 0 Å². The molecule has 0 atom stereocenters. The Kier molecular flexibility index (Phi) is 6.96. The predicted molar refractivity (Wildman–Crippen MR) is 111 cm³/mol. The molecule has 136 valence electrons. The van der Waals surface area contributed by atoms with Crippen molar-refractivity contribution in [3.05, 3.63) is 76.9 Å². The fourth-order valence-corrected chi connectivity index (χ4v) is 3.98. The van der Waals surface area contributed by atoms with Gasteiger partial charge in [0.1, 0.15) is 0 Å². The molecule has 0 unspecified atom stereocenters. The van der Waals surface area contributed by atoms with Crippen LogP contribution < -0.4 is 5.32 Å². The van der Waals surface area contributed by atoms with Crippen molar-refractivity contribution in [1.82, 2.24) is 5.32 Å². The van der Waals surface area contributed by atoms with Gasteiger partial charge in [-0.05, 0) is 68.9 Å². The summed E-state index contributed by atoms with van der Waals surface area (Å²) in [5.74, 6) is 0.943. The quantitative estimate of drug-likeness (QED) is 0.488. The second-order valence-electron chi connectivity index (χ2n) is 6.91. The first-order valence-electron chi connectivity index (χ1n) is 9.45. The molecule has 26 heavy (non-hydrogen) atoms. The Bertz CT molecular complexity index is 747. The molecule has 3 heteroatoms. The van der Waals surface area contributed by atoms with E-state index in [1.807, 2.05) is 23.9 Å². The van der Waals surface area contributed by atoms with Crippen molar-refractivity contribution in [1.29, 1.82) is 0 Å². The average molecular weight is 366 g/mol. The highest BCUT2D eigenvalue weighted by Gasteiger charge is 2.07. The van der Waals surface area contributed by atoms with Gasteiger partial charge in [-0.3, -0.25) is 4.79 Å². The van der Waals surface area contributed by atoms with Crippen LogP contribution >= 0.6 is 11.8 Å². The Morgan fingerprint density at radius 1 is 1.04 bits per heavy atom. The number of hydrogen-bond acceptors (Lipinski definition) is 2. The molecule has 0 saturated heterocycles. The second-order valence-corrected chi connectivity index (χ2v) is 7.96. The van der Waals surface area contributed by atoms with Crippen LogP contribution in [0.15, 0.2) is 65.1 Å². The highest BCUT2D eigenvalue weighted by atomic mass is 32.2.